The Morgan fingerprint density at radius 1 is 0.783 bits per heavy atom. The smallest absolute Gasteiger partial charge is 0.0623 e. The molecular formula is C22H15Br. The predicted molar refractivity (Wildman–Crippen MR) is 101 cm³/mol. The molecule has 0 heterocycles. The van der Waals surface area contributed by atoms with E-state index in [1.54, 1.807) is 0 Å². The summed E-state index contributed by atoms with van der Waals surface area (Å²) in [6, 6.07) is 17.6. The van der Waals surface area contributed by atoms with Gasteiger partial charge in [-0.1, -0.05) is 101 Å². The molecule has 0 aliphatic heterocycles. The SMILES string of the molecule is BrC1C=CC=C2C=CC=C3c4ccccc4-c4ccccc4C231. The molecule has 3 aliphatic carbocycles. The summed E-state index contributed by atoms with van der Waals surface area (Å²) in [4.78, 5) is 0.251. The maximum atomic E-state index is 3.98. The monoisotopic (exact) mass is 358 g/mol. The number of allylic oxidation sites excluding steroid dienone is 8. The van der Waals surface area contributed by atoms with Crippen molar-refractivity contribution in [3.63, 3.8) is 0 Å². The molecule has 0 saturated heterocycles. The Balaban J connectivity index is 1.97. The summed E-state index contributed by atoms with van der Waals surface area (Å²) in [7, 11) is 0. The Hall–Kier alpha value is -2.12. The topological polar surface area (TPSA) is 0 Å². The summed E-state index contributed by atoms with van der Waals surface area (Å²) >= 11 is 3.98. The lowest BCUT2D eigenvalue weighted by atomic mass is 9.57. The first-order valence-electron chi connectivity index (χ1n) is 7.94. The van der Waals surface area contributed by atoms with E-state index in [4.69, 9.17) is 0 Å². The molecule has 2 unspecified atom stereocenters. The third-order valence-electron chi connectivity index (χ3n) is 5.25. The van der Waals surface area contributed by atoms with E-state index in [9.17, 15) is 0 Å². The van der Waals surface area contributed by atoms with Crippen LogP contribution >= 0.6 is 15.9 Å². The molecule has 3 aliphatic rings. The average molecular weight is 359 g/mol. The summed E-state index contributed by atoms with van der Waals surface area (Å²) in [5.74, 6) is 0. The van der Waals surface area contributed by atoms with E-state index >= 15 is 0 Å². The molecule has 2 aromatic carbocycles. The molecule has 0 radical (unpaired) electrons. The van der Waals surface area contributed by atoms with Gasteiger partial charge in [-0.2, -0.15) is 0 Å². The summed E-state index contributed by atoms with van der Waals surface area (Å²) in [6.07, 6.45) is 13.4. The molecule has 2 atom stereocenters. The molecule has 0 bridgehead atoms. The molecule has 5 rings (SSSR count). The second kappa shape index (κ2) is 4.69. The van der Waals surface area contributed by atoms with Crippen molar-refractivity contribution in [1.29, 1.82) is 0 Å². The second-order valence-corrected chi connectivity index (χ2v) is 7.23. The van der Waals surface area contributed by atoms with E-state index in [-0.39, 0.29) is 10.2 Å². The zero-order valence-electron chi connectivity index (χ0n) is 12.5. The maximum Gasteiger partial charge on any atom is 0.0623 e. The summed E-state index contributed by atoms with van der Waals surface area (Å²) in [6.45, 7) is 0. The van der Waals surface area contributed by atoms with E-state index in [1.165, 1.54) is 33.4 Å². The van der Waals surface area contributed by atoms with Crippen molar-refractivity contribution >= 4 is 21.5 Å². The fourth-order valence-electron chi connectivity index (χ4n) is 4.33. The molecule has 0 N–H and O–H groups in total. The van der Waals surface area contributed by atoms with Gasteiger partial charge < -0.3 is 0 Å². The van der Waals surface area contributed by atoms with Crippen molar-refractivity contribution in [3.8, 4) is 11.1 Å². The van der Waals surface area contributed by atoms with Gasteiger partial charge in [0.1, 0.15) is 0 Å². The highest BCUT2D eigenvalue weighted by Gasteiger charge is 2.50. The van der Waals surface area contributed by atoms with Crippen molar-refractivity contribution in [1.82, 2.24) is 0 Å². The van der Waals surface area contributed by atoms with Crippen LogP contribution in [0.15, 0.2) is 90.6 Å². The summed E-state index contributed by atoms with van der Waals surface area (Å²) in [5, 5.41) is 0. The number of hydrogen-bond acceptors (Lipinski definition) is 0. The number of benzene rings is 2. The first-order valence-corrected chi connectivity index (χ1v) is 8.86. The Labute approximate surface area is 144 Å². The molecule has 0 amide bonds. The molecule has 0 aromatic heterocycles. The number of hydrogen-bond donors (Lipinski definition) is 0. The summed E-state index contributed by atoms with van der Waals surface area (Å²) in [5.41, 5.74) is 8.06. The standard InChI is InChI=1S/C22H15Br/c23-21-14-6-8-15-7-5-13-20-18-10-2-1-9-16(18)17-11-3-4-12-19(17)22(15,20)21/h1-14,21H. The van der Waals surface area contributed by atoms with Gasteiger partial charge in [-0.15, -0.1) is 0 Å². The average Bonchev–Trinajstić information content (AvgIpc) is 2.62. The lowest BCUT2D eigenvalue weighted by molar-refractivity contribution is 0.680. The van der Waals surface area contributed by atoms with E-state index in [0.29, 0.717) is 0 Å². The first-order chi connectivity index (χ1) is 11.3. The molecular weight excluding hydrogens is 344 g/mol. The Bertz CT molecular complexity index is 942. The van der Waals surface area contributed by atoms with E-state index in [1.807, 2.05) is 0 Å². The largest absolute Gasteiger partial charge is 0.0828 e. The minimum absolute atomic E-state index is 0.131. The fourth-order valence-corrected chi connectivity index (χ4v) is 5.26. The highest BCUT2D eigenvalue weighted by molar-refractivity contribution is 9.09. The molecule has 2 aromatic rings. The first kappa shape index (κ1) is 13.3. The van der Waals surface area contributed by atoms with Crippen LogP contribution in [0.4, 0.5) is 0 Å². The molecule has 1 spiro atoms. The molecule has 110 valence electrons. The van der Waals surface area contributed by atoms with E-state index < -0.39 is 0 Å². The van der Waals surface area contributed by atoms with Crippen LogP contribution in [0.25, 0.3) is 16.7 Å². The van der Waals surface area contributed by atoms with Crippen LogP contribution in [-0.4, -0.2) is 4.83 Å². The second-order valence-electron chi connectivity index (χ2n) is 6.25. The van der Waals surface area contributed by atoms with E-state index in [2.05, 4.69) is 101 Å². The quantitative estimate of drug-likeness (QED) is 0.520. The van der Waals surface area contributed by atoms with Gasteiger partial charge in [0, 0.05) is 0 Å². The van der Waals surface area contributed by atoms with Crippen LogP contribution in [-0.2, 0) is 5.41 Å². The minimum Gasteiger partial charge on any atom is -0.0828 e. The lowest BCUT2D eigenvalue weighted by Gasteiger charge is -2.48. The van der Waals surface area contributed by atoms with Crippen molar-refractivity contribution in [2.75, 3.05) is 0 Å². The number of halogens is 1. The fraction of sp³-hybridized carbons (Fsp3) is 0.0909. The third-order valence-corrected chi connectivity index (χ3v) is 6.24. The zero-order chi connectivity index (χ0) is 15.4. The van der Waals surface area contributed by atoms with Crippen molar-refractivity contribution in [3.05, 3.63) is 102 Å². The van der Waals surface area contributed by atoms with Crippen LogP contribution in [0.5, 0.6) is 0 Å². The Morgan fingerprint density at radius 2 is 1.52 bits per heavy atom. The Morgan fingerprint density at radius 3 is 2.39 bits per heavy atom. The van der Waals surface area contributed by atoms with Crippen molar-refractivity contribution in [2.24, 2.45) is 0 Å². The van der Waals surface area contributed by atoms with Gasteiger partial charge in [-0.25, -0.2) is 0 Å². The van der Waals surface area contributed by atoms with Crippen LogP contribution in [0.3, 0.4) is 0 Å². The number of alkyl halides is 1. The minimum atomic E-state index is -0.131. The predicted octanol–water partition coefficient (Wildman–Crippen LogP) is 5.82. The van der Waals surface area contributed by atoms with Crippen LogP contribution in [0, 0.1) is 0 Å². The van der Waals surface area contributed by atoms with E-state index in [0.717, 1.165) is 0 Å². The highest BCUT2D eigenvalue weighted by Crippen LogP contribution is 2.59. The van der Waals surface area contributed by atoms with Gasteiger partial charge >= 0.3 is 0 Å². The van der Waals surface area contributed by atoms with Gasteiger partial charge in [0.2, 0.25) is 0 Å². The normalized spacial score (nSPS) is 26.4. The third kappa shape index (κ3) is 1.56. The lowest BCUT2D eigenvalue weighted by Crippen LogP contribution is -2.42. The van der Waals surface area contributed by atoms with Crippen LogP contribution < -0.4 is 0 Å². The molecule has 23 heavy (non-hydrogen) atoms. The molecule has 0 saturated carbocycles. The van der Waals surface area contributed by atoms with Crippen LogP contribution in [0.1, 0.15) is 11.1 Å². The van der Waals surface area contributed by atoms with Crippen molar-refractivity contribution in [2.45, 2.75) is 10.2 Å². The van der Waals surface area contributed by atoms with Gasteiger partial charge in [0.15, 0.2) is 0 Å². The van der Waals surface area contributed by atoms with Gasteiger partial charge in [0.05, 0.1) is 10.2 Å². The van der Waals surface area contributed by atoms with Crippen LogP contribution in [0.2, 0.25) is 0 Å². The molecule has 0 nitrogen and oxygen atoms in total. The molecule has 0 fully saturated rings. The highest BCUT2D eigenvalue weighted by atomic mass is 79.9. The molecule has 1 heteroatoms. The summed E-state index contributed by atoms with van der Waals surface area (Å²) < 4.78 is 0. The number of rotatable bonds is 0. The maximum absolute atomic E-state index is 3.98. The zero-order valence-corrected chi connectivity index (χ0v) is 14.1. The van der Waals surface area contributed by atoms with Gasteiger partial charge in [-0.3, -0.25) is 0 Å². The Kier molecular flexibility index (Phi) is 2.72. The van der Waals surface area contributed by atoms with Gasteiger partial charge in [0.25, 0.3) is 0 Å². The number of fused-ring (bicyclic) bond motifs is 4. The van der Waals surface area contributed by atoms with Gasteiger partial charge in [-0.05, 0) is 33.4 Å². The van der Waals surface area contributed by atoms with Crippen molar-refractivity contribution < 1.29 is 0 Å².